The van der Waals surface area contributed by atoms with Crippen LogP contribution < -0.4 is 5.32 Å². The first-order valence-corrected chi connectivity index (χ1v) is 7.99. The summed E-state index contributed by atoms with van der Waals surface area (Å²) in [5, 5.41) is 3.45. The van der Waals surface area contributed by atoms with E-state index in [1.165, 1.54) is 12.8 Å². The van der Waals surface area contributed by atoms with E-state index in [0.29, 0.717) is 12.1 Å². The molecule has 116 valence electrons. The van der Waals surface area contributed by atoms with Crippen molar-refractivity contribution in [3.8, 4) is 0 Å². The second-order valence-corrected chi connectivity index (χ2v) is 6.10. The zero-order valence-electron chi connectivity index (χ0n) is 14.1. The first-order valence-electron chi connectivity index (χ1n) is 7.99. The topological polar surface area (TPSA) is 33.1 Å². The molecule has 0 aliphatic heterocycles. The summed E-state index contributed by atoms with van der Waals surface area (Å²) in [4.78, 5) is 7.10. The van der Waals surface area contributed by atoms with Crippen LogP contribution in [-0.4, -0.2) is 39.6 Å². The number of nitrogens with zero attached hydrogens (tertiary/aromatic N) is 3. The standard InChI is InChI=1S/C16H32N4/c1-7-8-9-17-16-18-15(6)12-19(16)10-11-20(13(2)3)14(4)5/h12-14H,7-11H2,1-6H3,(H,17,18). The van der Waals surface area contributed by atoms with Crippen LogP contribution in [0.1, 0.15) is 53.2 Å². The van der Waals surface area contributed by atoms with Crippen molar-refractivity contribution in [2.24, 2.45) is 0 Å². The number of imidazole rings is 1. The molecule has 0 saturated heterocycles. The molecule has 0 atom stereocenters. The molecule has 0 aliphatic rings. The number of hydrogen-bond acceptors (Lipinski definition) is 3. The molecule has 0 aromatic carbocycles. The van der Waals surface area contributed by atoms with Crippen molar-refractivity contribution < 1.29 is 0 Å². The van der Waals surface area contributed by atoms with Crippen LogP contribution in [0, 0.1) is 6.92 Å². The molecule has 1 rings (SSSR count). The molecule has 4 nitrogen and oxygen atoms in total. The van der Waals surface area contributed by atoms with Gasteiger partial charge in [-0.05, 0) is 41.0 Å². The molecule has 0 spiro atoms. The molecule has 1 aromatic rings. The Bertz CT molecular complexity index is 374. The minimum Gasteiger partial charge on any atom is -0.356 e. The Balaban J connectivity index is 2.62. The number of aromatic nitrogens is 2. The van der Waals surface area contributed by atoms with Gasteiger partial charge in [0.15, 0.2) is 0 Å². The maximum absolute atomic E-state index is 4.58. The number of nitrogens with one attached hydrogen (secondary N) is 1. The van der Waals surface area contributed by atoms with Crippen LogP contribution >= 0.6 is 0 Å². The fourth-order valence-electron chi connectivity index (χ4n) is 2.57. The molecule has 20 heavy (non-hydrogen) atoms. The summed E-state index contributed by atoms with van der Waals surface area (Å²) in [5.74, 6) is 1.02. The predicted molar refractivity (Wildman–Crippen MR) is 87.3 cm³/mol. The highest BCUT2D eigenvalue weighted by Gasteiger charge is 2.14. The summed E-state index contributed by atoms with van der Waals surface area (Å²) in [5.41, 5.74) is 1.09. The number of rotatable bonds is 9. The molecule has 0 aliphatic carbocycles. The normalized spacial score (nSPS) is 11.8. The Morgan fingerprint density at radius 3 is 2.45 bits per heavy atom. The maximum atomic E-state index is 4.58. The smallest absolute Gasteiger partial charge is 0.203 e. The Labute approximate surface area is 124 Å². The molecule has 0 amide bonds. The van der Waals surface area contributed by atoms with Gasteiger partial charge in [0.2, 0.25) is 5.95 Å². The zero-order chi connectivity index (χ0) is 15.1. The monoisotopic (exact) mass is 280 g/mol. The fraction of sp³-hybridized carbons (Fsp3) is 0.812. The maximum Gasteiger partial charge on any atom is 0.203 e. The molecular weight excluding hydrogens is 248 g/mol. The molecule has 0 radical (unpaired) electrons. The first-order chi connectivity index (χ1) is 9.45. The van der Waals surface area contributed by atoms with Crippen molar-refractivity contribution >= 4 is 5.95 Å². The van der Waals surface area contributed by atoms with Crippen LogP contribution in [0.5, 0.6) is 0 Å². The lowest BCUT2D eigenvalue weighted by molar-refractivity contribution is 0.168. The van der Waals surface area contributed by atoms with Crippen molar-refractivity contribution in [3.63, 3.8) is 0 Å². The van der Waals surface area contributed by atoms with E-state index in [2.05, 4.69) is 67.5 Å². The van der Waals surface area contributed by atoms with E-state index in [1.807, 2.05) is 0 Å². The number of anilines is 1. The van der Waals surface area contributed by atoms with Gasteiger partial charge >= 0.3 is 0 Å². The number of aryl methyl sites for hydroxylation is 1. The highest BCUT2D eigenvalue weighted by molar-refractivity contribution is 5.28. The Morgan fingerprint density at radius 1 is 1.25 bits per heavy atom. The average molecular weight is 280 g/mol. The van der Waals surface area contributed by atoms with Crippen molar-refractivity contribution in [2.45, 2.75) is 73.0 Å². The molecular formula is C16H32N4. The van der Waals surface area contributed by atoms with Crippen molar-refractivity contribution in [1.29, 1.82) is 0 Å². The molecule has 0 unspecified atom stereocenters. The van der Waals surface area contributed by atoms with Gasteiger partial charge in [0.1, 0.15) is 0 Å². The molecule has 0 fully saturated rings. The van der Waals surface area contributed by atoms with Crippen LogP contribution in [0.2, 0.25) is 0 Å². The molecule has 1 heterocycles. The fourth-order valence-corrected chi connectivity index (χ4v) is 2.57. The second-order valence-electron chi connectivity index (χ2n) is 6.10. The third-order valence-corrected chi connectivity index (χ3v) is 3.64. The van der Waals surface area contributed by atoms with Gasteiger partial charge in [-0.1, -0.05) is 13.3 Å². The van der Waals surface area contributed by atoms with Crippen molar-refractivity contribution in [2.75, 3.05) is 18.4 Å². The summed E-state index contributed by atoms with van der Waals surface area (Å²) >= 11 is 0. The third-order valence-electron chi connectivity index (χ3n) is 3.64. The highest BCUT2D eigenvalue weighted by atomic mass is 15.2. The lowest BCUT2D eigenvalue weighted by Gasteiger charge is -2.30. The van der Waals surface area contributed by atoms with Gasteiger partial charge in [0, 0.05) is 37.9 Å². The largest absolute Gasteiger partial charge is 0.356 e. The summed E-state index contributed by atoms with van der Waals surface area (Å²) in [6.45, 7) is 16.4. The van der Waals surface area contributed by atoms with E-state index < -0.39 is 0 Å². The molecule has 0 bridgehead atoms. The van der Waals surface area contributed by atoms with Gasteiger partial charge in [0.25, 0.3) is 0 Å². The van der Waals surface area contributed by atoms with E-state index in [1.54, 1.807) is 0 Å². The van der Waals surface area contributed by atoms with E-state index in [9.17, 15) is 0 Å². The first kappa shape index (κ1) is 17.0. The lowest BCUT2D eigenvalue weighted by atomic mass is 10.2. The van der Waals surface area contributed by atoms with Crippen LogP contribution in [0.4, 0.5) is 5.95 Å². The van der Waals surface area contributed by atoms with Crippen molar-refractivity contribution in [3.05, 3.63) is 11.9 Å². The van der Waals surface area contributed by atoms with Crippen LogP contribution in [0.25, 0.3) is 0 Å². The summed E-state index contributed by atoms with van der Waals surface area (Å²) in [6, 6.07) is 1.16. The van der Waals surface area contributed by atoms with E-state index in [-0.39, 0.29) is 0 Å². The predicted octanol–water partition coefficient (Wildman–Crippen LogP) is 3.52. The van der Waals surface area contributed by atoms with Gasteiger partial charge in [0.05, 0.1) is 5.69 Å². The Kier molecular flexibility index (Phi) is 7.06. The number of hydrogen-bond donors (Lipinski definition) is 1. The van der Waals surface area contributed by atoms with Crippen LogP contribution in [-0.2, 0) is 6.54 Å². The molecule has 4 heteroatoms. The summed E-state index contributed by atoms with van der Waals surface area (Å²) in [7, 11) is 0. The highest BCUT2D eigenvalue weighted by Crippen LogP contribution is 2.11. The van der Waals surface area contributed by atoms with Gasteiger partial charge in [-0.15, -0.1) is 0 Å². The third kappa shape index (κ3) is 5.16. The summed E-state index contributed by atoms with van der Waals surface area (Å²) in [6.07, 6.45) is 4.55. The van der Waals surface area contributed by atoms with Crippen LogP contribution in [0.3, 0.4) is 0 Å². The minimum atomic E-state index is 0.580. The van der Waals surface area contributed by atoms with Crippen molar-refractivity contribution in [1.82, 2.24) is 14.5 Å². The lowest BCUT2D eigenvalue weighted by Crippen LogP contribution is -2.39. The van der Waals surface area contributed by atoms with Crippen LogP contribution in [0.15, 0.2) is 6.20 Å². The SMILES string of the molecule is CCCCNc1nc(C)cn1CCN(C(C)C)C(C)C. The molecule has 1 N–H and O–H groups in total. The van der Waals surface area contributed by atoms with E-state index >= 15 is 0 Å². The summed E-state index contributed by atoms with van der Waals surface area (Å²) < 4.78 is 2.25. The Hall–Kier alpha value is -1.03. The zero-order valence-corrected chi connectivity index (χ0v) is 14.1. The van der Waals surface area contributed by atoms with Gasteiger partial charge < -0.3 is 9.88 Å². The average Bonchev–Trinajstić information content (AvgIpc) is 2.69. The molecule has 1 aromatic heterocycles. The molecule has 0 saturated carbocycles. The van der Waals surface area contributed by atoms with Gasteiger partial charge in [-0.3, -0.25) is 4.90 Å². The quantitative estimate of drug-likeness (QED) is 0.703. The van der Waals surface area contributed by atoms with E-state index in [0.717, 1.165) is 31.3 Å². The second kappa shape index (κ2) is 8.30. The van der Waals surface area contributed by atoms with Gasteiger partial charge in [-0.2, -0.15) is 0 Å². The minimum absolute atomic E-state index is 0.580. The van der Waals surface area contributed by atoms with Gasteiger partial charge in [-0.25, -0.2) is 4.98 Å². The Morgan fingerprint density at radius 2 is 1.90 bits per heavy atom. The van der Waals surface area contributed by atoms with E-state index in [4.69, 9.17) is 0 Å². The number of unbranched alkanes of at least 4 members (excludes halogenated alkanes) is 1.